The third-order valence-electron chi connectivity index (χ3n) is 3.95. The molecule has 1 aromatic heterocycles. The van der Waals surface area contributed by atoms with E-state index in [4.69, 9.17) is 0 Å². The summed E-state index contributed by atoms with van der Waals surface area (Å²) >= 11 is 0. The molecular formula is C15H16N4O4. The fourth-order valence-corrected chi connectivity index (χ4v) is 2.62. The molecule has 0 saturated heterocycles. The lowest BCUT2D eigenvalue weighted by Gasteiger charge is -2.11. The molecule has 1 aromatic carbocycles. The van der Waals surface area contributed by atoms with E-state index >= 15 is 0 Å². The molecule has 1 aliphatic rings. The maximum Gasteiger partial charge on any atom is 0.333 e. The summed E-state index contributed by atoms with van der Waals surface area (Å²) in [4.78, 5) is 24.1. The SMILES string of the molecule is Cn1c(O)c(C2=NN[C@@H](c3cccc(O)c3)C2)c(=O)n(C)c1=O. The van der Waals surface area contributed by atoms with Crippen LogP contribution in [0.3, 0.4) is 0 Å². The first-order valence-corrected chi connectivity index (χ1v) is 7.00. The van der Waals surface area contributed by atoms with Crippen LogP contribution in [-0.2, 0) is 14.1 Å². The number of benzene rings is 1. The van der Waals surface area contributed by atoms with Crippen molar-refractivity contribution in [3.63, 3.8) is 0 Å². The highest BCUT2D eigenvalue weighted by atomic mass is 16.3. The minimum absolute atomic E-state index is 0.00440. The summed E-state index contributed by atoms with van der Waals surface area (Å²) in [6, 6.07) is 6.49. The first-order valence-electron chi connectivity index (χ1n) is 7.00. The third-order valence-corrected chi connectivity index (χ3v) is 3.95. The van der Waals surface area contributed by atoms with E-state index in [1.807, 2.05) is 6.07 Å². The summed E-state index contributed by atoms with van der Waals surface area (Å²) in [6.07, 6.45) is 0.352. The van der Waals surface area contributed by atoms with Crippen molar-refractivity contribution in [2.75, 3.05) is 0 Å². The minimum Gasteiger partial charge on any atom is -0.508 e. The van der Waals surface area contributed by atoms with E-state index in [1.165, 1.54) is 14.1 Å². The van der Waals surface area contributed by atoms with E-state index < -0.39 is 17.1 Å². The first kappa shape index (κ1) is 14.9. The molecule has 0 saturated carbocycles. The second-order valence-corrected chi connectivity index (χ2v) is 5.44. The van der Waals surface area contributed by atoms with Gasteiger partial charge in [0.15, 0.2) is 0 Å². The molecule has 2 heterocycles. The van der Waals surface area contributed by atoms with Gasteiger partial charge in [-0.3, -0.25) is 13.9 Å². The molecule has 8 heteroatoms. The molecule has 0 unspecified atom stereocenters. The Hall–Kier alpha value is -3.03. The Morgan fingerprint density at radius 1 is 1.22 bits per heavy atom. The number of nitrogens with one attached hydrogen (secondary N) is 1. The molecular weight excluding hydrogens is 300 g/mol. The van der Waals surface area contributed by atoms with Crippen LogP contribution in [0.4, 0.5) is 0 Å². The molecule has 1 aliphatic heterocycles. The maximum absolute atomic E-state index is 12.3. The van der Waals surface area contributed by atoms with Gasteiger partial charge in [-0.1, -0.05) is 12.1 Å². The lowest BCUT2D eigenvalue weighted by Crippen LogP contribution is -2.39. The molecule has 0 bridgehead atoms. The van der Waals surface area contributed by atoms with Crippen molar-refractivity contribution in [3.05, 3.63) is 56.2 Å². The van der Waals surface area contributed by atoms with Crippen LogP contribution in [0.15, 0.2) is 39.0 Å². The van der Waals surface area contributed by atoms with Crippen molar-refractivity contribution in [2.45, 2.75) is 12.5 Å². The van der Waals surface area contributed by atoms with E-state index in [0.717, 1.165) is 14.7 Å². The molecule has 120 valence electrons. The van der Waals surface area contributed by atoms with E-state index in [2.05, 4.69) is 10.5 Å². The average molecular weight is 316 g/mol. The zero-order valence-corrected chi connectivity index (χ0v) is 12.6. The van der Waals surface area contributed by atoms with Crippen molar-refractivity contribution in [1.82, 2.24) is 14.6 Å². The quantitative estimate of drug-likeness (QED) is 0.719. The zero-order valence-electron chi connectivity index (χ0n) is 12.6. The van der Waals surface area contributed by atoms with Gasteiger partial charge in [-0.2, -0.15) is 5.10 Å². The third kappa shape index (κ3) is 2.37. The standard InChI is InChI=1S/C15H16N4O4/c1-18-13(21)12(14(22)19(2)15(18)23)11-7-10(16-17-11)8-4-3-5-9(20)6-8/h3-6,10,16,20-21H,7H2,1-2H3/t10-/m1/s1. The van der Waals surface area contributed by atoms with Crippen molar-refractivity contribution in [2.24, 2.45) is 19.2 Å². The largest absolute Gasteiger partial charge is 0.508 e. The van der Waals surface area contributed by atoms with Crippen LogP contribution in [0.2, 0.25) is 0 Å². The molecule has 0 amide bonds. The molecule has 0 fully saturated rings. The summed E-state index contributed by atoms with van der Waals surface area (Å²) in [7, 11) is 2.74. The van der Waals surface area contributed by atoms with Crippen LogP contribution >= 0.6 is 0 Å². The van der Waals surface area contributed by atoms with Crippen LogP contribution in [0.5, 0.6) is 11.6 Å². The fraction of sp³-hybridized carbons (Fsp3) is 0.267. The molecule has 0 spiro atoms. The van der Waals surface area contributed by atoms with Gasteiger partial charge in [-0.05, 0) is 17.7 Å². The Balaban J connectivity index is 2.00. The van der Waals surface area contributed by atoms with Crippen LogP contribution < -0.4 is 16.7 Å². The van der Waals surface area contributed by atoms with Gasteiger partial charge in [-0.25, -0.2) is 4.79 Å². The van der Waals surface area contributed by atoms with Crippen LogP contribution in [-0.4, -0.2) is 25.1 Å². The highest BCUT2D eigenvalue weighted by Gasteiger charge is 2.27. The number of rotatable bonds is 2. The van der Waals surface area contributed by atoms with Gasteiger partial charge in [0.25, 0.3) is 5.56 Å². The Labute approximate surface area is 130 Å². The van der Waals surface area contributed by atoms with Crippen molar-refractivity contribution < 1.29 is 10.2 Å². The van der Waals surface area contributed by atoms with Crippen molar-refractivity contribution >= 4 is 5.71 Å². The normalized spacial score (nSPS) is 17.0. The van der Waals surface area contributed by atoms with E-state index in [9.17, 15) is 19.8 Å². The van der Waals surface area contributed by atoms with Gasteiger partial charge in [0, 0.05) is 20.5 Å². The average Bonchev–Trinajstić information content (AvgIpc) is 3.01. The molecule has 1 atom stereocenters. The zero-order chi connectivity index (χ0) is 16.7. The summed E-state index contributed by atoms with van der Waals surface area (Å²) in [6.45, 7) is 0. The van der Waals surface area contributed by atoms with Crippen LogP contribution in [0.25, 0.3) is 0 Å². The summed E-state index contributed by atoms with van der Waals surface area (Å²) in [5, 5.41) is 23.8. The number of phenols is 1. The lowest BCUT2D eigenvalue weighted by molar-refractivity contribution is 0.410. The maximum atomic E-state index is 12.3. The van der Waals surface area contributed by atoms with Crippen LogP contribution in [0, 0.1) is 0 Å². The Morgan fingerprint density at radius 2 is 1.96 bits per heavy atom. The number of aromatic hydroxyl groups is 2. The second kappa shape index (κ2) is 5.31. The number of hydrogen-bond donors (Lipinski definition) is 3. The topological polar surface area (TPSA) is 109 Å². The molecule has 3 N–H and O–H groups in total. The minimum atomic E-state index is -0.604. The fourth-order valence-electron chi connectivity index (χ4n) is 2.62. The second-order valence-electron chi connectivity index (χ2n) is 5.44. The van der Waals surface area contributed by atoms with E-state index in [0.29, 0.717) is 12.1 Å². The summed E-state index contributed by atoms with van der Waals surface area (Å²) in [5.74, 6) is -0.270. The number of hydrogen-bond acceptors (Lipinski definition) is 6. The predicted molar refractivity (Wildman–Crippen MR) is 83.7 cm³/mol. The Bertz CT molecular complexity index is 926. The van der Waals surface area contributed by atoms with Gasteiger partial charge in [0.05, 0.1) is 11.8 Å². The van der Waals surface area contributed by atoms with Crippen molar-refractivity contribution in [1.29, 1.82) is 0 Å². The summed E-state index contributed by atoms with van der Waals surface area (Å²) < 4.78 is 1.93. The molecule has 8 nitrogen and oxygen atoms in total. The highest BCUT2D eigenvalue weighted by Crippen LogP contribution is 2.27. The van der Waals surface area contributed by atoms with Gasteiger partial charge in [0.1, 0.15) is 11.3 Å². The van der Waals surface area contributed by atoms with Crippen molar-refractivity contribution in [3.8, 4) is 11.6 Å². The lowest BCUT2D eigenvalue weighted by atomic mass is 10.00. The Morgan fingerprint density at radius 3 is 2.65 bits per heavy atom. The number of nitrogens with zero attached hydrogens (tertiary/aromatic N) is 3. The van der Waals surface area contributed by atoms with Crippen LogP contribution in [0.1, 0.15) is 23.6 Å². The van der Waals surface area contributed by atoms with Gasteiger partial charge in [-0.15, -0.1) is 0 Å². The first-order chi connectivity index (χ1) is 10.9. The smallest absolute Gasteiger partial charge is 0.333 e. The highest BCUT2D eigenvalue weighted by molar-refractivity contribution is 6.03. The molecule has 23 heavy (non-hydrogen) atoms. The number of phenolic OH excluding ortho intramolecular Hbond substituents is 1. The van der Waals surface area contributed by atoms with Gasteiger partial charge >= 0.3 is 5.69 Å². The number of hydrazone groups is 1. The molecule has 2 aromatic rings. The Kier molecular flexibility index (Phi) is 3.44. The molecule has 3 rings (SSSR count). The predicted octanol–water partition coefficient (Wildman–Crippen LogP) is -0.0661. The van der Waals surface area contributed by atoms with Gasteiger partial charge in [0.2, 0.25) is 5.88 Å². The summed E-state index contributed by atoms with van der Waals surface area (Å²) in [5.41, 5.74) is 2.87. The molecule has 0 aliphatic carbocycles. The van der Waals surface area contributed by atoms with Gasteiger partial charge < -0.3 is 15.6 Å². The number of aromatic nitrogens is 2. The monoisotopic (exact) mass is 316 g/mol. The van der Waals surface area contributed by atoms with E-state index in [1.54, 1.807) is 18.2 Å². The molecule has 0 radical (unpaired) electrons. The van der Waals surface area contributed by atoms with E-state index in [-0.39, 0.29) is 17.4 Å².